The highest BCUT2D eigenvalue weighted by molar-refractivity contribution is 5.57. The Hall–Kier alpha value is -1.06. The maximum Gasteiger partial charge on any atom is 0.0451 e. The van der Waals surface area contributed by atoms with Crippen LogP contribution >= 0.6 is 0 Å². The van der Waals surface area contributed by atoms with Gasteiger partial charge in [-0.25, -0.2) is 0 Å². The van der Waals surface area contributed by atoms with Crippen molar-refractivity contribution >= 4 is 5.69 Å². The van der Waals surface area contributed by atoms with Crippen LogP contribution in [0.1, 0.15) is 24.5 Å². The molecule has 0 aromatic heterocycles. The summed E-state index contributed by atoms with van der Waals surface area (Å²) in [6.07, 6.45) is 0.824. The molecule has 1 aromatic rings. The molecule has 0 radical (unpaired) electrons. The van der Waals surface area contributed by atoms with E-state index < -0.39 is 0 Å². The molecule has 0 amide bonds. The van der Waals surface area contributed by atoms with Crippen molar-refractivity contribution in [2.24, 2.45) is 0 Å². The number of benzene rings is 1. The van der Waals surface area contributed by atoms with Gasteiger partial charge in [0.25, 0.3) is 0 Å². The minimum atomic E-state index is 0.250. The molecule has 2 N–H and O–H groups in total. The number of nitrogens with one attached hydrogen (secondary N) is 1. The molecule has 2 rings (SSSR count). The highest BCUT2D eigenvalue weighted by Crippen LogP contribution is 2.28. The van der Waals surface area contributed by atoms with Gasteiger partial charge < -0.3 is 15.3 Å². The van der Waals surface area contributed by atoms with Crippen LogP contribution in [0.3, 0.4) is 0 Å². The number of aliphatic hydroxyl groups excluding tert-OH is 1. The summed E-state index contributed by atoms with van der Waals surface area (Å²) in [6, 6.07) is 7.35. The molecule has 1 saturated heterocycles. The van der Waals surface area contributed by atoms with Gasteiger partial charge in [-0.1, -0.05) is 12.1 Å². The van der Waals surface area contributed by atoms with Gasteiger partial charge in [-0.05, 0) is 44.4 Å². The van der Waals surface area contributed by atoms with E-state index >= 15 is 0 Å². The van der Waals surface area contributed by atoms with Gasteiger partial charge in [-0.15, -0.1) is 0 Å². The van der Waals surface area contributed by atoms with Crippen LogP contribution in [0.2, 0.25) is 0 Å². The third-order valence-electron chi connectivity index (χ3n) is 4.00. The largest absolute Gasteiger partial charge is 0.396 e. The smallest absolute Gasteiger partial charge is 0.0451 e. The third kappa shape index (κ3) is 2.52. The minimum Gasteiger partial charge on any atom is -0.396 e. The molecule has 18 heavy (non-hydrogen) atoms. The summed E-state index contributed by atoms with van der Waals surface area (Å²) in [5, 5.41) is 12.7. The van der Waals surface area contributed by atoms with E-state index in [4.69, 9.17) is 0 Å². The number of aliphatic hydroxyl groups is 1. The fourth-order valence-corrected chi connectivity index (χ4v) is 2.86. The second-order valence-corrected chi connectivity index (χ2v) is 5.30. The maximum absolute atomic E-state index is 9.24. The van der Waals surface area contributed by atoms with Crippen molar-refractivity contribution in [3.05, 3.63) is 29.3 Å². The van der Waals surface area contributed by atoms with E-state index in [0.717, 1.165) is 19.5 Å². The second kappa shape index (κ2) is 5.72. The van der Waals surface area contributed by atoms with Crippen LogP contribution in [0.25, 0.3) is 0 Å². The Kier molecular flexibility index (Phi) is 4.25. The predicted molar refractivity (Wildman–Crippen MR) is 76.2 cm³/mol. The lowest BCUT2D eigenvalue weighted by Gasteiger charge is -2.43. The van der Waals surface area contributed by atoms with Crippen LogP contribution in [0.5, 0.6) is 0 Å². The number of anilines is 1. The summed E-state index contributed by atoms with van der Waals surface area (Å²) in [5.41, 5.74) is 4.01. The molecule has 0 spiro atoms. The van der Waals surface area contributed by atoms with Crippen molar-refractivity contribution in [1.82, 2.24) is 5.32 Å². The molecule has 0 saturated carbocycles. The van der Waals surface area contributed by atoms with Gasteiger partial charge in [0.05, 0.1) is 0 Å². The molecular formula is C15H24N2O. The summed E-state index contributed by atoms with van der Waals surface area (Å²) in [6.45, 7) is 8.81. The number of piperazine rings is 1. The monoisotopic (exact) mass is 248 g/mol. The highest BCUT2D eigenvalue weighted by atomic mass is 16.3. The molecular weight excluding hydrogens is 224 g/mol. The number of hydrogen-bond acceptors (Lipinski definition) is 3. The van der Waals surface area contributed by atoms with Gasteiger partial charge in [0.2, 0.25) is 0 Å². The van der Waals surface area contributed by atoms with Crippen LogP contribution in [0, 0.1) is 13.8 Å². The van der Waals surface area contributed by atoms with Crippen molar-refractivity contribution in [3.63, 3.8) is 0 Å². The summed E-state index contributed by atoms with van der Waals surface area (Å²) in [4.78, 5) is 2.48. The van der Waals surface area contributed by atoms with Gasteiger partial charge in [0.1, 0.15) is 0 Å². The van der Waals surface area contributed by atoms with Gasteiger partial charge >= 0.3 is 0 Å². The van der Waals surface area contributed by atoms with E-state index in [1.165, 1.54) is 16.8 Å². The summed E-state index contributed by atoms with van der Waals surface area (Å²) < 4.78 is 0. The predicted octanol–water partition coefficient (Wildman–Crippen LogP) is 1.85. The zero-order chi connectivity index (χ0) is 13.1. The molecule has 2 unspecified atom stereocenters. The Morgan fingerprint density at radius 3 is 2.83 bits per heavy atom. The average molecular weight is 248 g/mol. The Morgan fingerprint density at radius 2 is 2.11 bits per heavy atom. The van der Waals surface area contributed by atoms with Gasteiger partial charge in [-0.3, -0.25) is 0 Å². The summed E-state index contributed by atoms with van der Waals surface area (Å²) in [5.74, 6) is 0. The summed E-state index contributed by atoms with van der Waals surface area (Å²) >= 11 is 0. The van der Waals surface area contributed by atoms with E-state index in [1.54, 1.807) is 0 Å². The first-order valence-corrected chi connectivity index (χ1v) is 6.81. The lowest BCUT2D eigenvalue weighted by molar-refractivity contribution is 0.259. The lowest BCUT2D eigenvalue weighted by Crippen LogP contribution is -2.57. The molecule has 0 aliphatic carbocycles. The average Bonchev–Trinajstić information content (AvgIpc) is 2.34. The van der Waals surface area contributed by atoms with E-state index in [9.17, 15) is 5.11 Å². The molecule has 2 atom stereocenters. The topological polar surface area (TPSA) is 35.5 Å². The summed E-state index contributed by atoms with van der Waals surface area (Å²) in [7, 11) is 0. The van der Waals surface area contributed by atoms with E-state index in [1.807, 2.05) is 0 Å². The zero-order valence-corrected chi connectivity index (χ0v) is 11.6. The van der Waals surface area contributed by atoms with Crippen LogP contribution < -0.4 is 10.2 Å². The van der Waals surface area contributed by atoms with Crippen molar-refractivity contribution in [2.45, 2.75) is 39.3 Å². The lowest BCUT2D eigenvalue weighted by atomic mass is 10.0. The number of aryl methyl sites for hydroxylation is 1. The number of hydrogen-bond donors (Lipinski definition) is 2. The number of rotatable bonds is 3. The molecule has 3 nitrogen and oxygen atoms in total. The Labute approximate surface area is 110 Å². The Bertz CT molecular complexity index is 403. The Balaban J connectivity index is 2.34. The van der Waals surface area contributed by atoms with Crippen molar-refractivity contribution < 1.29 is 5.11 Å². The van der Waals surface area contributed by atoms with E-state index in [0.29, 0.717) is 12.1 Å². The molecule has 1 aliphatic rings. The molecule has 1 aromatic carbocycles. The minimum absolute atomic E-state index is 0.250. The van der Waals surface area contributed by atoms with Crippen LogP contribution in [0.4, 0.5) is 5.69 Å². The van der Waals surface area contributed by atoms with Crippen molar-refractivity contribution in [1.29, 1.82) is 0 Å². The number of nitrogens with zero attached hydrogens (tertiary/aromatic N) is 1. The van der Waals surface area contributed by atoms with Gasteiger partial charge in [-0.2, -0.15) is 0 Å². The van der Waals surface area contributed by atoms with Gasteiger partial charge in [0, 0.05) is 37.5 Å². The molecule has 1 aliphatic heterocycles. The molecule has 3 heteroatoms. The first-order valence-electron chi connectivity index (χ1n) is 6.81. The zero-order valence-electron chi connectivity index (χ0n) is 11.6. The molecule has 1 fully saturated rings. The standard InChI is InChI=1S/C15H24N2O/c1-11-5-4-6-15(13(11)3)17-12(2)9-16-10-14(17)7-8-18/h4-6,12,14,16,18H,7-10H2,1-3H3. The van der Waals surface area contributed by atoms with E-state index in [-0.39, 0.29) is 6.61 Å². The fraction of sp³-hybridized carbons (Fsp3) is 0.600. The third-order valence-corrected chi connectivity index (χ3v) is 4.00. The van der Waals surface area contributed by atoms with Crippen LogP contribution in [0.15, 0.2) is 18.2 Å². The van der Waals surface area contributed by atoms with E-state index in [2.05, 4.69) is 49.2 Å². The maximum atomic E-state index is 9.24. The van der Waals surface area contributed by atoms with Crippen LogP contribution in [-0.2, 0) is 0 Å². The molecule has 100 valence electrons. The Morgan fingerprint density at radius 1 is 1.33 bits per heavy atom. The molecule has 0 bridgehead atoms. The highest BCUT2D eigenvalue weighted by Gasteiger charge is 2.28. The first kappa shape index (κ1) is 13.4. The fourth-order valence-electron chi connectivity index (χ4n) is 2.86. The normalized spacial score (nSPS) is 24.3. The first-order chi connectivity index (χ1) is 8.65. The van der Waals surface area contributed by atoms with Gasteiger partial charge in [0.15, 0.2) is 0 Å². The molecule has 1 heterocycles. The second-order valence-electron chi connectivity index (χ2n) is 5.30. The quantitative estimate of drug-likeness (QED) is 0.857. The van der Waals surface area contributed by atoms with Crippen molar-refractivity contribution in [3.8, 4) is 0 Å². The SMILES string of the molecule is Cc1cccc(N2C(C)CNCC2CCO)c1C. The van der Waals surface area contributed by atoms with Crippen molar-refractivity contribution in [2.75, 3.05) is 24.6 Å². The van der Waals surface area contributed by atoms with Crippen LogP contribution in [-0.4, -0.2) is 36.9 Å².